The maximum atomic E-state index is 11.5. The van der Waals surface area contributed by atoms with Gasteiger partial charge in [-0.25, -0.2) is 9.59 Å². The Labute approximate surface area is 148 Å². The molecule has 0 aliphatic heterocycles. The van der Waals surface area contributed by atoms with Crippen molar-refractivity contribution in [1.29, 1.82) is 0 Å². The Kier molecular flexibility index (Phi) is 14.4. The number of rotatable bonds is 14. The summed E-state index contributed by atoms with van der Waals surface area (Å²) in [4.78, 5) is 23.0. The summed E-state index contributed by atoms with van der Waals surface area (Å²) in [6, 6.07) is 0. The standard InChI is InChI=1S/C20H36O4/c1-5-17(6-2)11-9-15-23-19(21)13-14-20(22)24-16-10-12-18(7-3)8-4/h13-14,17-18H,5-12,15-16H2,1-4H3/b14-13+. The molecule has 0 saturated carbocycles. The highest BCUT2D eigenvalue weighted by molar-refractivity contribution is 5.91. The van der Waals surface area contributed by atoms with Crippen LogP contribution >= 0.6 is 0 Å². The zero-order valence-corrected chi connectivity index (χ0v) is 16.0. The van der Waals surface area contributed by atoms with E-state index in [4.69, 9.17) is 9.47 Å². The second-order valence-corrected chi connectivity index (χ2v) is 6.32. The van der Waals surface area contributed by atoms with E-state index in [0.717, 1.165) is 63.5 Å². The van der Waals surface area contributed by atoms with E-state index in [2.05, 4.69) is 27.7 Å². The molecule has 0 unspecified atom stereocenters. The maximum Gasteiger partial charge on any atom is 0.331 e. The van der Waals surface area contributed by atoms with Crippen molar-refractivity contribution in [2.75, 3.05) is 13.2 Å². The molecule has 0 radical (unpaired) electrons. The second kappa shape index (κ2) is 15.2. The first-order valence-corrected chi connectivity index (χ1v) is 9.58. The minimum absolute atomic E-state index is 0.407. The van der Waals surface area contributed by atoms with Gasteiger partial charge in [-0.15, -0.1) is 0 Å². The van der Waals surface area contributed by atoms with Crippen LogP contribution in [0.2, 0.25) is 0 Å². The minimum Gasteiger partial charge on any atom is -0.463 e. The van der Waals surface area contributed by atoms with Crippen molar-refractivity contribution in [3.8, 4) is 0 Å². The van der Waals surface area contributed by atoms with Gasteiger partial charge in [0.25, 0.3) is 0 Å². The normalized spacial score (nSPS) is 11.4. The summed E-state index contributed by atoms with van der Waals surface area (Å²) in [6.45, 7) is 9.53. The number of hydrogen-bond acceptors (Lipinski definition) is 4. The molecule has 0 N–H and O–H groups in total. The first kappa shape index (κ1) is 22.7. The summed E-state index contributed by atoms with van der Waals surface area (Å²) in [5.74, 6) is 0.450. The van der Waals surface area contributed by atoms with Gasteiger partial charge in [0.2, 0.25) is 0 Å². The van der Waals surface area contributed by atoms with Crippen molar-refractivity contribution in [3.05, 3.63) is 12.2 Å². The fourth-order valence-electron chi connectivity index (χ4n) is 2.72. The van der Waals surface area contributed by atoms with E-state index in [1.54, 1.807) is 0 Å². The van der Waals surface area contributed by atoms with Gasteiger partial charge in [-0.1, -0.05) is 53.4 Å². The lowest BCUT2D eigenvalue weighted by atomic mass is 9.98. The van der Waals surface area contributed by atoms with Crippen LogP contribution in [-0.2, 0) is 19.1 Å². The maximum absolute atomic E-state index is 11.5. The highest BCUT2D eigenvalue weighted by atomic mass is 16.5. The molecule has 0 bridgehead atoms. The molecule has 0 aliphatic rings. The van der Waals surface area contributed by atoms with Gasteiger partial charge in [-0.05, 0) is 37.5 Å². The van der Waals surface area contributed by atoms with E-state index in [1.165, 1.54) is 0 Å². The third kappa shape index (κ3) is 12.1. The van der Waals surface area contributed by atoms with Crippen molar-refractivity contribution in [2.24, 2.45) is 11.8 Å². The Balaban J connectivity index is 3.75. The van der Waals surface area contributed by atoms with Crippen molar-refractivity contribution >= 4 is 11.9 Å². The highest BCUT2D eigenvalue weighted by Crippen LogP contribution is 2.15. The van der Waals surface area contributed by atoms with Crippen LogP contribution in [0.15, 0.2) is 12.2 Å². The topological polar surface area (TPSA) is 52.6 Å². The zero-order valence-electron chi connectivity index (χ0n) is 16.0. The smallest absolute Gasteiger partial charge is 0.331 e. The van der Waals surface area contributed by atoms with Crippen molar-refractivity contribution < 1.29 is 19.1 Å². The van der Waals surface area contributed by atoms with E-state index < -0.39 is 11.9 Å². The lowest BCUT2D eigenvalue weighted by molar-refractivity contribution is -0.140. The molecule has 0 rings (SSSR count). The van der Waals surface area contributed by atoms with Crippen LogP contribution in [0, 0.1) is 11.8 Å². The summed E-state index contributed by atoms with van der Waals surface area (Å²) in [5.41, 5.74) is 0. The fourth-order valence-corrected chi connectivity index (χ4v) is 2.72. The molecule has 0 amide bonds. The van der Waals surface area contributed by atoms with Gasteiger partial charge in [-0.2, -0.15) is 0 Å². The Bertz CT molecular complexity index is 321. The summed E-state index contributed by atoms with van der Waals surface area (Å²) in [5, 5.41) is 0. The van der Waals surface area contributed by atoms with Gasteiger partial charge in [-0.3, -0.25) is 0 Å². The quantitative estimate of drug-likeness (QED) is 0.252. The minimum atomic E-state index is -0.478. The van der Waals surface area contributed by atoms with Gasteiger partial charge in [0.05, 0.1) is 13.2 Å². The van der Waals surface area contributed by atoms with Gasteiger partial charge >= 0.3 is 11.9 Å². The van der Waals surface area contributed by atoms with Crippen LogP contribution in [-0.4, -0.2) is 25.2 Å². The summed E-state index contributed by atoms with van der Waals surface area (Å²) in [6.07, 6.45) is 10.8. The van der Waals surface area contributed by atoms with Gasteiger partial charge in [0.1, 0.15) is 0 Å². The van der Waals surface area contributed by atoms with E-state index >= 15 is 0 Å². The summed E-state index contributed by atoms with van der Waals surface area (Å²) in [7, 11) is 0. The molecule has 0 atom stereocenters. The van der Waals surface area contributed by atoms with E-state index in [9.17, 15) is 9.59 Å². The Morgan fingerprint density at radius 2 is 1.04 bits per heavy atom. The molecule has 24 heavy (non-hydrogen) atoms. The molecule has 140 valence electrons. The average Bonchev–Trinajstić information content (AvgIpc) is 2.60. The molecular formula is C20H36O4. The lowest BCUT2D eigenvalue weighted by Gasteiger charge is -2.11. The molecule has 4 nitrogen and oxygen atoms in total. The van der Waals surface area contributed by atoms with Crippen LogP contribution in [0.4, 0.5) is 0 Å². The van der Waals surface area contributed by atoms with E-state index in [1.807, 2.05) is 0 Å². The second-order valence-electron chi connectivity index (χ2n) is 6.32. The van der Waals surface area contributed by atoms with E-state index in [0.29, 0.717) is 25.0 Å². The molecule has 0 aromatic rings. The molecule has 0 aliphatic carbocycles. The Morgan fingerprint density at radius 1 is 0.708 bits per heavy atom. The van der Waals surface area contributed by atoms with Crippen molar-refractivity contribution in [1.82, 2.24) is 0 Å². The molecule has 0 saturated heterocycles. The number of esters is 2. The average molecular weight is 341 g/mol. The fraction of sp³-hybridized carbons (Fsp3) is 0.800. The summed E-state index contributed by atoms with van der Waals surface area (Å²) < 4.78 is 10.2. The van der Waals surface area contributed by atoms with Gasteiger partial charge in [0.15, 0.2) is 0 Å². The predicted molar refractivity (Wildman–Crippen MR) is 97.7 cm³/mol. The first-order valence-electron chi connectivity index (χ1n) is 9.58. The third-order valence-electron chi connectivity index (χ3n) is 4.67. The van der Waals surface area contributed by atoms with Crippen LogP contribution in [0.25, 0.3) is 0 Å². The van der Waals surface area contributed by atoms with Crippen LogP contribution in [0.5, 0.6) is 0 Å². The molecular weight excluding hydrogens is 304 g/mol. The van der Waals surface area contributed by atoms with Gasteiger partial charge in [0, 0.05) is 12.2 Å². The number of ether oxygens (including phenoxy) is 2. The molecule has 4 heteroatoms. The Hall–Kier alpha value is -1.32. The molecule has 0 aromatic carbocycles. The first-order chi connectivity index (χ1) is 11.6. The zero-order chi connectivity index (χ0) is 18.2. The molecule has 0 heterocycles. The lowest BCUT2D eigenvalue weighted by Crippen LogP contribution is -2.08. The van der Waals surface area contributed by atoms with Crippen LogP contribution < -0.4 is 0 Å². The van der Waals surface area contributed by atoms with Crippen LogP contribution in [0.3, 0.4) is 0 Å². The number of carbonyl (C=O) groups excluding carboxylic acids is 2. The molecule has 0 spiro atoms. The van der Waals surface area contributed by atoms with Gasteiger partial charge < -0.3 is 9.47 Å². The number of hydrogen-bond donors (Lipinski definition) is 0. The third-order valence-corrected chi connectivity index (χ3v) is 4.67. The van der Waals surface area contributed by atoms with E-state index in [-0.39, 0.29) is 0 Å². The van der Waals surface area contributed by atoms with Crippen LogP contribution in [0.1, 0.15) is 79.1 Å². The Morgan fingerprint density at radius 3 is 1.33 bits per heavy atom. The number of carbonyl (C=O) groups is 2. The predicted octanol–water partition coefficient (Wildman–Crippen LogP) is 5.06. The highest BCUT2D eigenvalue weighted by Gasteiger charge is 2.06. The summed E-state index contributed by atoms with van der Waals surface area (Å²) >= 11 is 0. The van der Waals surface area contributed by atoms with Crippen molar-refractivity contribution in [2.45, 2.75) is 79.1 Å². The monoisotopic (exact) mass is 340 g/mol. The largest absolute Gasteiger partial charge is 0.463 e. The molecule has 0 aromatic heterocycles. The van der Waals surface area contributed by atoms with Crippen molar-refractivity contribution in [3.63, 3.8) is 0 Å². The SMILES string of the molecule is CCC(CC)CCCOC(=O)/C=C/C(=O)OCCCC(CC)CC. The molecule has 0 fully saturated rings.